The number of hydrogen-bond acceptors (Lipinski definition) is 4. The maximum Gasteiger partial charge on any atom is 0.251 e. The molecule has 0 radical (unpaired) electrons. The molecule has 2 aliphatic carbocycles. The number of nitrogens with two attached hydrogens (primary N) is 1. The molecule has 4 rings (SSSR count). The van der Waals surface area contributed by atoms with Crippen LogP contribution in [-0.4, -0.2) is 23.0 Å². The Hall–Kier alpha value is -1.72. The second-order valence-electron chi connectivity index (χ2n) is 7.51. The molecule has 2 unspecified atom stereocenters. The highest BCUT2D eigenvalue weighted by atomic mass is 32.1. The lowest BCUT2D eigenvalue weighted by Gasteiger charge is -2.45. The molecule has 2 bridgehead atoms. The molecule has 1 heterocycles. The van der Waals surface area contributed by atoms with Crippen molar-refractivity contribution in [1.82, 2.24) is 10.3 Å². The van der Waals surface area contributed by atoms with E-state index in [1.165, 1.54) is 19.3 Å². The Morgan fingerprint density at radius 1 is 1.28 bits per heavy atom. The minimum Gasteiger partial charge on any atom is -0.349 e. The molecule has 0 aliphatic heterocycles. The predicted molar refractivity (Wildman–Crippen MR) is 102 cm³/mol. The van der Waals surface area contributed by atoms with Crippen molar-refractivity contribution in [2.75, 3.05) is 0 Å². The quantitative estimate of drug-likeness (QED) is 0.881. The molecule has 132 valence electrons. The first kappa shape index (κ1) is 16.7. The number of nitrogens with one attached hydrogen (secondary N) is 1. The Kier molecular flexibility index (Phi) is 4.61. The summed E-state index contributed by atoms with van der Waals surface area (Å²) in [4.78, 5) is 17.4. The zero-order valence-electron chi connectivity index (χ0n) is 14.6. The molecular weight excluding hydrogens is 330 g/mol. The summed E-state index contributed by atoms with van der Waals surface area (Å²) in [6, 6.07) is 8.39. The van der Waals surface area contributed by atoms with E-state index < -0.39 is 0 Å². The summed E-state index contributed by atoms with van der Waals surface area (Å²) < 4.78 is 0. The van der Waals surface area contributed by atoms with Crippen LogP contribution in [0.2, 0.25) is 0 Å². The van der Waals surface area contributed by atoms with Gasteiger partial charge in [0.1, 0.15) is 0 Å². The van der Waals surface area contributed by atoms with Crippen LogP contribution in [0.1, 0.15) is 47.5 Å². The number of thiazole rings is 1. The molecule has 1 amide bonds. The Morgan fingerprint density at radius 2 is 2.04 bits per heavy atom. The van der Waals surface area contributed by atoms with Crippen molar-refractivity contribution in [2.24, 2.45) is 17.6 Å². The third-order valence-corrected chi connectivity index (χ3v) is 6.49. The van der Waals surface area contributed by atoms with Crippen LogP contribution in [-0.2, 0) is 0 Å². The van der Waals surface area contributed by atoms with Crippen LogP contribution in [0.5, 0.6) is 0 Å². The molecule has 5 heteroatoms. The van der Waals surface area contributed by atoms with Gasteiger partial charge in [0.05, 0.1) is 10.7 Å². The number of aromatic nitrogens is 1. The summed E-state index contributed by atoms with van der Waals surface area (Å²) >= 11 is 1.63. The van der Waals surface area contributed by atoms with Crippen molar-refractivity contribution in [1.29, 1.82) is 0 Å². The summed E-state index contributed by atoms with van der Waals surface area (Å²) in [6.07, 6.45) is 5.73. The molecule has 2 saturated carbocycles. The van der Waals surface area contributed by atoms with Gasteiger partial charge in [0.25, 0.3) is 5.91 Å². The van der Waals surface area contributed by atoms with Crippen LogP contribution in [0.3, 0.4) is 0 Å². The zero-order valence-corrected chi connectivity index (χ0v) is 15.4. The number of rotatable bonds is 3. The lowest BCUT2D eigenvalue weighted by atomic mass is 9.67. The van der Waals surface area contributed by atoms with E-state index in [4.69, 9.17) is 5.73 Å². The van der Waals surface area contributed by atoms with Gasteiger partial charge in [-0.15, -0.1) is 11.3 Å². The number of fused-ring (bicyclic) bond motifs is 2. The van der Waals surface area contributed by atoms with Gasteiger partial charge in [-0.05, 0) is 56.6 Å². The molecular formula is C20H25N3OS. The van der Waals surface area contributed by atoms with Gasteiger partial charge in [-0.2, -0.15) is 0 Å². The first-order chi connectivity index (χ1) is 12.1. The largest absolute Gasteiger partial charge is 0.349 e. The molecule has 3 N–H and O–H groups in total. The normalized spacial score (nSPS) is 28.6. The van der Waals surface area contributed by atoms with Crippen molar-refractivity contribution < 1.29 is 4.79 Å². The fraction of sp³-hybridized carbons (Fsp3) is 0.500. The maximum absolute atomic E-state index is 12.9. The molecule has 2 fully saturated rings. The average Bonchev–Trinajstić information content (AvgIpc) is 3.02. The van der Waals surface area contributed by atoms with Crippen LogP contribution in [0.15, 0.2) is 29.6 Å². The second kappa shape index (κ2) is 6.89. The molecule has 1 aromatic carbocycles. The standard InChI is InChI=1S/C20H25N3OS/c1-12-22-18(11-25-12)13-4-2-7-16(8-13)20(24)23-19-14-5-3-6-15(19)10-17(21)9-14/h2,4,7-8,11,14-15,17,19H,3,5-6,9-10,21H2,1H3,(H,23,24). The lowest BCUT2D eigenvalue weighted by molar-refractivity contribution is 0.0756. The summed E-state index contributed by atoms with van der Waals surface area (Å²) in [5.74, 6) is 1.11. The van der Waals surface area contributed by atoms with Gasteiger partial charge in [0.2, 0.25) is 0 Å². The van der Waals surface area contributed by atoms with Crippen molar-refractivity contribution in [2.45, 2.75) is 51.1 Å². The Morgan fingerprint density at radius 3 is 2.72 bits per heavy atom. The first-order valence-corrected chi connectivity index (χ1v) is 10.1. The molecule has 0 saturated heterocycles. The van der Waals surface area contributed by atoms with Gasteiger partial charge in [0, 0.05) is 28.6 Å². The minimum atomic E-state index is 0.0335. The third kappa shape index (κ3) is 3.48. The van der Waals surface area contributed by atoms with Crippen LogP contribution in [0.25, 0.3) is 11.3 Å². The van der Waals surface area contributed by atoms with E-state index in [0.29, 0.717) is 17.9 Å². The molecule has 1 aromatic heterocycles. The van der Waals surface area contributed by atoms with Crippen molar-refractivity contribution >= 4 is 17.2 Å². The van der Waals surface area contributed by atoms with E-state index in [1.54, 1.807) is 11.3 Å². The molecule has 25 heavy (non-hydrogen) atoms. The average molecular weight is 356 g/mol. The maximum atomic E-state index is 12.9. The van der Waals surface area contributed by atoms with Crippen LogP contribution < -0.4 is 11.1 Å². The zero-order chi connectivity index (χ0) is 17.4. The molecule has 2 atom stereocenters. The number of carbonyl (C=O) groups excluding carboxylic acids is 1. The molecule has 4 nitrogen and oxygen atoms in total. The fourth-order valence-corrected chi connectivity index (χ4v) is 5.20. The van der Waals surface area contributed by atoms with Crippen LogP contribution >= 0.6 is 11.3 Å². The first-order valence-electron chi connectivity index (χ1n) is 9.19. The van der Waals surface area contributed by atoms with E-state index >= 15 is 0 Å². The molecule has 2 aliphatic rings. The van der Waals surface area contributed by atoms with Crippen molar-refractivity contribution in [3.8, 4) is 11.3 Å². The van der Waals surface area contributed by atoms with Crippen LogP contribution in [0.4, 0.5) is 0 Å². The van der Waals surface area contributed by atoms with Crippen LogP contribution in [0, 0.1) is 18.8 Å². The highest BCUT2D eigenvalue weighted by Crippen LogP contribution is 2.39. The topological polar surface area (TPSA) is 68.0 Å². The Bertz CT molecular complexity index is 758. The third-order valence-electron chi connectivity index (χ3n) is 5.71. The summed E-state index contributed by atoms with van der Waals surface area (Å²) in [5, 5.41) is 6.41. The smallest absolute Gasteiger partial charge is 0.251 e. The number of amides is 1. The Labute approximate surface area is 152 Å². The highest BCUT2D eigenvalue weighted by Gasteiger charge is 2.39. The van der Waals surface area contributed by atoms with Gasteiger partial charge in [-0.3, -0.25) is 4.79 Å². The van der Waals surface area contributed by atoms with E-state index in [1.807, 2.05) is 36.6 Å². The predicted octanol–water partition coefficient (Wildman–Crippen LogP) is 3.75. The SMILES string of the molecule is Cc1nc(-c2cccc(C(=O)NC3C4CCCC3CC(N)C4)c2)cs1. The summed E-state index contributed by atoms with van der Waals surface area (Å²) in [6.45, 7) is 2.00. The number of nitrogens with zero attached hydrogens (tertiary/aromatic N) is 1. The van der Waals surface area contributed by atoms with E-state index in [2.05, 4.69) is 10.3 Å². The number of hydrogen-bond donors (Lipinski definition) is 2. The lowest BCUT2D eigenvalue weighted by Crippen LogP contribution is -2.53. The van der Waals surface area contributed by atoms with E-state index in [-0.39, 0.29) is 11.9 Å². The second-order valence-corrected chi connectivity index (χ2v) is 8.58. The minimum absolute atomic E-state index is 0.0335. The molecule has 0 spiro atoms. The van der Waals surface area contributed by atoms with E-state index in [0.717, 1.165) is 34.7 Å². The van der Waals surface area contributed by atoms with Gasteiger partial charge in [0.15, 0.2) is 0 Å². The van der Waals surface area contributed by atoms with Gasteiger partial charge >= 0.3 is 0 Å². The van der Waals surface area contributed by atoms with Gasteiger partial charge in [-0.25, -0.2) is 4.98 Å². The number of aryl methyl sites for hydroxylation is 1. The summed E-state index contributed by atoms with van der Waals surface area (Å²) in [5.41, 5.74) is 8.86. The highest BCUT2D eigenvalue weighted by molar-refractivity contribution is 7.09. The monoisotopic (exact) mass is 355 g/mol. The van der Waals surface area contributed by atoms with Gasteiger partial charge < -0.3 is 11.1 Å². The number of benzene rings is 1. The van der Waals surface area contributed by atoms with Crippen molar-refractivity contribution in [3.05, 3.63) is 40.2 Å². The number of carbonyl (C=O) groups is 1. The summed E-state index contributed by atoms with van der Waals surface area (Å²) in [7, 11) is 0. The fourth-order valence-electron chi connectivity index (χ4n) is 4.58. The van der Waals surface area contributed by atoms with E-state index in [9.17, 15) is 4.79 Å². The molecule has 2 aromatic rings. The van der Waals surface area contributed by atoms with Gasteiger partial charge in [-0.1, -0.05) is 18.6 Å². The Balaban J connectivity index is 1.51. The van der Waals surface area contributed by atoms with Crippen molar-refractivity contribution in [3.63, 3.8) is 0 Å².